The van der Waals surface area contributed by atoms with E-state index in [1.165, 1.54) is 53.2 Å². The first-order valence-electron chi connectivity index (χ1n) is 36.8. The molecule has 6 atom stereocenters. The second-order valence-corrected chi connectivity index (χ2v) is 27.0. The summed E-state index contributed by atoms with van der Waals surface area (Å²) in [6.07, 6.45) is 39.3. The molecular formula is C84H79BN4O2. The van der Waals surface area contributed by atoms with E-state index < -0.39 is 0 Å². The lowest BCUT2D eigenvalue weighted by Gasteiger charge is -2.53. The Morgan fingerprint density at radius 1 is 0.396 bits per heavy atom. The third-order valence-electron chi connectivity index (χ3n) is 22.1. The van der Waals surface area contributed by atoms with Crippen molar-refractivity contribution in [3.8, 4) is 34.1 Å². The smallest absolute Gasteiger partial charge is 0.252 e. The molecule has 7 heteroatoms. The molecular weight excluding hydrogens is 1110 g/mol. The van der Waals surface area contributed by atoms with Gasteiger partial charge in [-0.15, -0.1) is 0 Å². The van der Waals surface area contributed by atoms with Crippen molar-refractivity contribution in [2.75, 3.05) is 19.6 Å². The second kappa shape index (κ2) is 23.1. The van der Waals surface area contributed by atoms with Crippen LogP contribution in [0.5, 0.6) is 23.0 Å². The lowest BCUT2D eigenvalue weighted by atomic mass is 9.33. The van der Waals surface area contributed by atoms with Gasteiger partial charge in [-0.05, 0) is 251 Å². The molecule has 0 N–H and O–H groups in total. The van der Waals surface area contributed by atoms with Crippen molar-refractivity contribution < 1.29 is 16.3 Å². The monoisotopic (exact) mass is 1190 g/mol. The summed E-state index contributed by atoms with van der Waals surface area (Å²) in [4.78, 5) is 10.4. The number of para-hydroxylation sites is 8. The Kier molecular flexibility index (Phi) is 12.6. The highest BCUT2D eigenvalue weighted by Crippen LogP contribution is 2.57. The van der Waals surface area contributed by atoms with E-state index in [0.29, 0.717) is 17.4 Å². The number of nitrogens with zero attached hydrogens (tertiary/aromatic N) is 4. The molecule has 10 aliphatic rings. The maximum absolute atomic E-state index is 10.0. The summed E-state index contributed by atoms with van der Waals surface area (Å²) in [5.74, 6) is 4.20. The van der Waals surface area contributed by atoms with Crippen LogP contribution in [0.25, 0.3) is 11.1 Å². The molecule has 0 saturated heterocycles. The molecule has 6 unspecified atom stereocenters. The van der Waals surface area contributed by atoms with Crippen LogP contribution < -0.4 is 45.5 Å². The molecule has 0 saturated carbocycles. The van der Waals surface area contributed by atoms with Crippen molar-refractivity contribution >= 4 is 80.0 Å². The Morgan fingerprint density at radius 3 is 1.26 bits per heavy atom. The summed E-state index contributed by atoms with van der Waals surface area (Å²) in [5, 5.41) is 0. The van der Waals surface area contributed by atoms with E-state index in [1.54, 1.807) is 11.1 Å². The predicted molar refractivity (Wildman–Crippen MR) is 378 cm³/mol. The Hall–Kier alpha value is -8.94. The Morgan fingerprint density at radius 2 is 0.846 bits per heavy atom. The van der Waals surface area contributed by atoms with Crippen molar-refractivity contribution in [2.24, 2.45) is 23.7 Å². The van der Waals surface area contributed by atoms with Gasteiger partial charge in [-0.2, -0.15) is 0 Å². The minimum absolute atomic E-state index is 0.101. The summed E-state index contributed by atoms with van der Waals surface area (Å²) in [6, 6.07) is 51.2. The van der Waals surface area contributed by atoms with E-state index in [0.717, 1.165) is 170 Å². The number of hydrogen-bond acceptors (Lipinski definition) is 6. The average Bonchev–Trinajstić information content (AvgIpc) is 0.691. The van der Waals surface area contributed by atoms with Crippen molar-refractivity contribution in [2.45, 2.75) is 128 Å². The van der Waals surface area contributed by atoms with Gasteiger partial charge in [-0.25, -0.2) is 0 Å². The van der Waals surface area contributed by atoms with E-state index in [-0.39, 0.29) is 66.4 Å². The molecule has 8 aromatic rings. The summed E-state index contributed by atoms with van der Waals surface area (Å²) < 4.78 is 61.4. The zero-order chi connectivity index (χ0) is 64.3. The number of allylic oxidation sites excluding steroid dienone is 8. The van der Waals surface area contributed by atoms with Crippen molar-refractivity contribution in [3.05, 3.63) is 247 Å². The van der Waals surface area contributed by atoms with Gasteiger partial charge < -0.3 is 29.1 Å². The molecule has 8 aromatic carbocycles. The fourth-order valence-electron chi connectivity index (χ4n) is 18.1. The number of hydrogen-bond donors (Lipinski definition) is 0. The van der Waals surface area contributed by atoms with E-state index in [1.807, 2.05) is 0 Å². The van der Waals surface area contributed by atoms with Gasteiger partial charge in [0.15, 0.2) is 23.0 Å². The lowest BCUT2D eigenvalue weighted by molar-refractivity contribution is 0.391. The molecule has 0 amide bonds. The van der Waals surface area contributed by atoms with Gasteiger partial charge in [0.1, 0.15) is 0 Å². The number of fused-ring (bicyclic) bond motifs is 8. The largest absolute Gasteiger partial charge is 0.453 e. The Bertz CT molecular complexity index is 4330. The number of rotatable bonds is 9. The van der Waals surface area contributed by atoms with Gasteiger partial charge in [0, 0.05) is 46.0 Å². The van der Waals surface area contributed by atoms with Crippen LogP contribution in [0.15, 0.2) is 247 Å². The normalized spacial score (nSPS) is 24.3. The van der Waals surface area contributed by atoms with E-state index in [2.05, 4.69) is 214 Å². The Balaban J connectivity index is 0.979. The maximum Gasteiger partial charge on any atom is 0.252 e. The van der Waals surface area contributed by atoms with Crippen LogP contribution in [0.4, 0.5) is 56.9 Å². The molecule has 4 heterocycles. The molecule has 0 radical (unpaired) electrons. The fourth-order valence-corrected chi connectivity index (χ4v) is 18.1. The maximum atomic E-state index is 10.0. The van der Waals surface area contributed by atoms with Gasteiger partial charge in [-0.3, -0.25) is 0 Å². The topological polar surface area (TPSA) is 31.4 Å². The minimum atomic E-state index is -0.388. The van der Waals surface area contributed by atoms with Crippen molar-refractivity contribution in [1.82, 2.24) is 0 Å². The van der Waals surface area contributed by atoms with Gasteiger partial charge in [0.05, 0.1) is 41.7 Å². The molecule has 0 spiro atoms. The number of anilines is 10. The molecule has 18 rings (SSSR count). The quantitative estimate of drug-likeness (QED) is 0.106. The highest BCUT2D eigenvalue weighted by Gasteiger charge is 2.51. The van der Waals surface area contributed by atoms with Gasteiger partial charge in [0.2, 0.25) is 0 Å². The van der Waals surface area contributed by atoms with Crippen LogP contribution >= 0.6 is 0 Å². The van der Waals surface area contributed by atoms with Crippen LogP contribution in [0, 0.1) is 23.7 Å². The molecule has 6 nitrogen and oxygen atoms in total. The summed E-state index contributed by atoms with van der Waals surface area (Å²) in [5.41, 5.74) is 20.9. The molecule has 4 aliphatic heterocycles. The van der Waals surface area contributed by atoms with Crippen LogP contribution in [0.2, 0.25) is 0 Å². The van der Waals surface area contributed by atoms with Crippen LogP contribution in [0.3, 0.4) is 0 Å². The third-order valence-corrected chi connectivity index (χ3v) is 22.1. The standard InChI is InChI=1S/C84H79BN4O2/c1-6-26-56(27-7-1)61-52-76-82-77(53-61)89(84-66(59-32-12-4-13-33-59)38-25-39-67(84)60-34-14-5-15-35-60)75-55-63(87-72-42-18-22-46-80(72)91-81-47-23-19-43-73(81)87)49-51-69(75)85(82)68-50-48-62(86-70-40-16-20-44-78(70)90-79-45-21-17-41-71(79)86)54-74(68)88(76)83-64(57-28-8-2-9-29-57)36-24-37-65(83)58-30-10-3-11-31-58/h1-2,4,6-8,12,16-23,26-27,30,34,36,38,40-55,57,59,65,67,83-84H,3,5,9-11,13-15,24-25,28-29,31-33,35,37,39H2/i1D,6D,7D,26D,27D. The highest BCUT2D eigenvalue weighted by molar-refractivity contribution is 7.00. The van der Waals surface area contributed by atoms with E-state index in [4.69, 9.17) is 10.8 Å². The average molecular weight is 1190 g/mol. The SMILES string of the molecule is [2H]c1c([2H])c([2H])c(-c2cc3c4c(c2)N(C2C(C5CC=CCC5)=CCCC2C2=CCCCC2)c2cc(N5c6ccccc6Oc6ccccc65)ccc2B4c2ccc(N4c5ccccc5Oc5ccccc54)cc2N3C2C(C3CC=CCC3)=CCCC2C2=CCCCC2)c([2H])c1[2H]. The number of ether oxygens (including phenoxy) is 2. The molecule has 91 heavy (non-hydrogen) atoms. The van der Waals surface area contributed by atoms with Crippen LogP contribution in [-0.4, -0.2) is 18.8 Å². The first-order valence-corrected chi connectivity index (χ1v) is 34.3. The van der Waals surface area contributed by atoms with E-state index in [9.17, 15) is 5.48 Å². The number of benzene rings is 8. The molecule has 0 bridgehead atoms. The third kappa shape index (κ3) is 9.33. The fraction of sp³-hybridized carbons (Fsp3) is 0.286. The lowest BCUT2D eigenvalue weighted by Crippen LogP contribution is -2.65. The highest BCUT2D eigenvalue weighted by atomic mass is 16.5. The summed E-state index contributed by atoms with van der Waals surface area (Å²) >= 11 is 0. The minimum Gasteiger partial charge on any atom is -0.453 e. The Labute approximate surface area is 545 Å². The van der Waals surface area contributed by atoms with Gasteiger partial charge in [0.25, 0.3) is 6.71 Å². The van der Waals surface area contributed by atoms with Gasteiger partial charge >= 0.3 is 0 Å². The zero-order valence-electron chi connectivity index (χ0n) is 56.8. The van der Waals surface area contributed by atoms with Crippen LogP contribution in [-0.2, 0) is 0 Å². The molecule has 6 aliphatic carbocycles. The second-order valence-electron chi connectivity index (χ2n) is 27.0. The van der Waals surface area contributed by atoms with Crippen molar-refractivity contribution in [1.29, 1.82) is 0 Å². The van der Waals surface area contributed by atoms with Crippen LogP contribution in [0.1, 0.15) is 122 Å². The molecule has 450 valence electrons. The molecule has 0 aromatic heterocycles. The predicted octanol–water partition coefficient (Wildman–Crippen LogP) is 21.0. The molecule has 0 fully saturated rings. The van der Waals surface area contributed by atoms with Gasteiger partial charge in [-0.1, -0.05) is 151 Å². The first kappa shape index (κ1) is 49.8. The van der Waals surface area contributed by atoms with E-state index >= 15 is 0 Å². The van der Waals surface area contributed by atoms with Crippen molar-refractivity contribution in [3.63, 3.8) is 0 Å². The first-order chi connectivity index (χ1) is 47.3. The zero-order valence-corrected chi connectivity index (χ0v) is 51.8. The summed E-state index contributed by atoms with van der Waals surface area (Å²) in [7, 11) is 0. The summed E-state index contributed by atoms with van der Waals surface area (Å²) in [6.45, 7) is -0.292.